The van der Waals surface area contributed by atoms with Crippen molar-refractivity contribution in [3.05, 3.63) is 29.3 Å². The fourth-order valence-electron chi connectivity index (χ4n) is 1.36. The van der Waals surface area contributed by atoms with E-state index in [0.717, 1.165) is 5.56 Å². The van der Waals surface area contributed by atoms with E-state index in [1.54, 1.807) is 18.2 Å². The van der Waals surface area contributed by atoms with Gasteiger partial charge in [0.2, 0.25) is 0 Å². The van der Waals surface area contributed by atoms with Gasteiger partial charge in [-0.2, -0.15) is 0 Å². The Morgan fingerprint density at radius 1 is 1.47 bits per heavy atom. The highest BCUT2D eigenvalue weighted by Crippen LogP contribution is 2.18. The largest absolute Gasteiger partial charge is 0.497 e. The molecule has 0 atom stereocenters. The van der Waals surface area contributed by atoms with E-state index in [9.17, 15) is 4.79 Å². The second-order valence-corrected chi connectivity index (χ2v) is 3.57. The van der Waals surface area contributed by atoms with Gasteiger partial charge >= 0.3 is 5.97 Å². The number of carboxylic acid groups (broad SMARTS) is 1. The molecule has 82 valence electrons. The molecule has 4 nitrogen and oxygen atoms in total. The molecule has 0 radical (unpaired) electrons. The molecule has 0 fully saturated rings. The summed E-state index contributed by atoms with van der Waals surface area (Å²) in [5, 5.41) is 9.02. The highest BCUT2D eigenvalue weighted by atomic mass is 16.5. The maximum atomic E-state index is 11.0. The van der Waals surface area contributed by atoms with Crippen molar-refractivity contribution in [3.63, 3.8) is 0 Å². The SMILES string of the molecule is COc1ccc(CN(C)C)c(C(=O)O)c1. The molecule has 0 aliphatic rings. The zero-order chi connectivity index (χ0) is 11.4. The second-order valence-electron chi connectivity index (χ2n) is 3.57. The summed E-state index contributed by atoms with van der Waals surface area (Å²) in [6.45, 7) is 0.603. The van der Waals surface area contributed by atoms with Crippen LogP contribution in [0.4, 0.5) is 0 Å². The lowest BCUT2D eigenvalue weighted by atomic mass is 10.1. The summed E-state index contributed by atoms with van der Waals surface area (Å²) in [5.41, 5.74) is 1.08. The van der Waals surface area contributed by atoms with Gasteiger partial charge in [-0.05, 0) is 31.8 Å². The average molecular weight is 209 g/mol. The quantitative estimate of drug-likeness (QED) is 0.815. The van der Waals surface area contributed by atoms with Crippen LogP contribution in [0.2, 0.25) is 0 Å². The van der Waals surface area contributed by atoms with Gasteiger partial charge in [0, 0.05) is 6.54 Å². The van der Waals surface area contributed by atoms with Crippen molar-refractivity contribution in [2.75, 3.05) is 21.2 Å². The van der Waals surface area contributed by atoms with E-state index in [1.807, 2.05) is 19.0 Å². The number of hydrogen-bond donors (Lipinski definition) is 1. The number of methoxy groups -OCH3 is 1. The number of hydrogen-bond acceptors (Lipinski definition) is 3. The van der Waals surface area contributed by atoms with Gasteiger partial charge in [-0.1, -0.05) is 6.07 Å². The van der Waals surface area contributed by atoms with Crippen LogP contribution >= 0.6 is 0 Å². The molecule has 0 unspecified atom stereocenters. The maximum Gasteiger partial charge on any atom is 0.336 e. The van der Waals surface area contributed by atoms with Gasteiger partial charge in [0.25, 0.3) is 0 Å². The van der Waals surface area contributed by atoms with Gasteiger partial charge in [-0.3, -0.25) is 0 Å². The van der Waals surface area contributed by atoms with Gasteiger partial charge in [0.05, 0.1) is 12.7 Å². The molecule has 15 heavy (non-hydrogen) atoms. The summed E-state index contributed by atoms with van der Waals surface area (Å²) in [6.07, 6.45) is 0. The molecule has 0 amide bonds. The number of benzene rings is 1. The van der Waals surface area contributed by atoms with Crippen molar-refractivity contribution < 1.29 is 14.6 Å². The monoisotopic (exact) mass is 209 g/mol. The van der Waals surface area contributed by atoms with Crippen LogP contribution in [0.25, 0.3) is 0 Å². The Morgan fingerprint density at radius 2 is 2.13 bits per heavy atom. The molecule has 1 aromatic rings. The lowest BCUT2D eigenvalue weighted by Crippen LogP contribution is -2.14. The van der Waals surface area contributed by atoms with Crippen molar-refractivity contribution >= 4 is 5.97 Å². The average Bonchev–Trinajstić information content (AvgIpc) is 2.17. The maximum absolute atomic E-state index is 11.0. The van der Waals surface area contributed by atoms with E-state index >= 15 is 0 Å². The van der Waals surface area contributed by atoms with Crippen LogP contribution in [0, 0.1) is 0 Å². The van der Waals surface area contributed by atoms with Gasteiger partial charge in [-0.25, -0.2) is 4.79 Å². The Bertz CT molecular complexity index is 361. The first-order chi connectivity index (χ1) is 7.04. The molecule has 1 aromatic carbocycles. The van der Waals surface area contributed by atoms with Crippen LogP contribution in [0.3, 0.4) is 0 Å². The summed E-state index contributed by atoms with van der Waals surface area (Å²) in [7, 11) is 5.32. The predicted molar refractivity (Wildman–Crippen MR) is 57.3 cm³/mol. The third kappa shape index (κ3) is 2.95. The molecule has 0 aliphatic heterocycles. The molecular formula is C11H15NO3. The standard InChI is InChI=1S/C11H15NO3/c1-12(2)7-8-4-5-9(15-3)6-10(8)11(13)14/h4-6H,7H2,1-3H3,(H,13,14). The minimum Gasteiger partial charge on any atom is -0.497 e. The van der Waals surface area contributed by atoms with Crippen LogP contribution in [-0.2, 0) is 6.54 Å². The first-order valence-corrected chi connectivity index (χ1v) is 4.59. The number of carboxylic acids is 1. The van der Waals surface area contributed by atoms with E-state index in [0.29, 0.717) is 17.9 Å². The number of aromatic carboxylic acids is 1. The van der Waals surface area contributed by atoms with Gasteiger partial charge in [0.15, 0.2) is 0 Å². The third-order valence-corrected chi connectivity index (χ3v) is 2.03. The molecule has 0 heterocycles. The smallest absolute Gasteiger partial charge is 0.336 e. The fourth-order valence-corrected chi connectivity index (χ4v) is 1.36. The highest BCUT2D eigenvalue weighted by Gasteiger charge is 2.11. The van der Waals surface area contributed by atoms with Crippen LogP contribution in [0.15, 0.2) is 18.2 Å². The second kappa shape index (κ2) is 4.79. The summed E-state index contributed by atoms with van der Waals surface area (Å²) in [5.74, 6) is -0.361. The Labute approximate surface area is 89.1 Å². The molecule has 1 rings (SSSR count). The van der Waals surface area contributed by atoms with Crippen LogP contribution in [0.1, 0.15) is 15.9 Å². The van der Waals surface area contributed by atoms with Gasteiger partial charge in [0.1, 0.15) is 5.75 Å². The molecule has 0 bridgehead atoms. The first-order valence-electron chi connectivity index (χ1n) is 4.59. The summed E-state index contributed by atoms with van der Waals surface area (Å²) in [6, 6.07) is 5.09. The Morgan fingerprint density at radius 3 is 2.60 bits per heavy atom. The van der Waals surface area contributed by atoms with Crippen molar-refractivity contribution in [2.24, 2.45) is 0 Å². The number of carbonyl (C=O) groups is 1. The minimum absolute atomic E-state index is 0.294. The number of nitrogens with zero attached hydrogens (tertiary/aromatic N) is 1. The van der Waals surface area contributed by atoms with E-state index < -0.39 is 5.97 Å². The lowest BCUT2D eigenvalue weighted by Gasteiger charge is -2.12. The summed E-state index contributed by atoms with van der Waals surface area (Å²) < 4.78 is 4.99. The Balaban J connectivity index is 3.09. The molecule has 0 aliphatic carbocycles. The van der Waals surface area contributed by atoms with Crippen LogP contribution < -0.4 is 4.74 Å². The van der Waals surface area contributed by atoms with E-state index in [4.69, 9.17) is 9.84 Å². The predicted octanol–water partition coefficient (Wildman–Crippen LogP) is 1.46. The zero-order valence-electron chi connectivity index (χ0n) is 9.15. The molecule has 0 aromatic heterocycles. The Kier molecular flexibility index (Phi) is 3.68. The summed E-state index contributed by atoms with van der Waals surface area (Å²) in [4.78, 5) is 12.9. The third-order valence-electron chi connectivity index (χ3n) is 2.03. The lowest BCUT2D eigenvalue weighted by molar-refractivity contribution is 0.0694. The highest BCUT2D eigenvalue weighted by molar-refractivity contribution is 5.89. The zero-order valence-corrected chi connectivity index (χ0v) is 9.15. The molecule has 0 spiro atoms. The molecule has 4 heteroatoms. The fraction of sp³-hybridized carbons (Fsp3) is 0.364. The van der Waals surface area contributed by atoms with Crippen LogP contribution in [0.5, 0.6) is 5.75 Å². The van der Waals surface area contributed by atoms with Crippen molar-refractivity contribution in [3.8, 4) is 5.75 Å². The molecule has 0 saturated heterocycles. The van der Waals surface area contributed by atoms with Crippen molar-refractivity contribution in [1.82, 2.24) is 4.90 Å². The first kappa shape index (κ1) is 11.5. The van der Waals surface area contributed by atoms with Crippen molar-refractivity contribution in [1.29, 1.82) is 0 Å². The molecular weight excluding hydrogens is 194 g/mol. The van der Waals surface area contributed by atoms with Gasteiger partial charge < -0.3 is 14.7 Å². The molecule has 0 saturated carbocycles. The summed E-state index contributed by atoms with van der Waals surface area (Å²) >= 11 is 0. The van der Waals surface area contributed by atoms with E-state index in [1.165, 1.54) is 7.11 Å². The number of ether oxygens (including phenoxy) is 1. The van der Waals surface area contributed by atoms with Crippen LogP contribution in [-0.4, -0.2) is 37.2 Å². The Hall–Kier alpha value is -1.55. The normalized spacial score (nSPS) is 10.4. The molecule has 1 N–H and O–H groups in total. The number of rotatable bonds is 4. The minimum atomic E-state index is -0.925. The van der Waals surface area contributed by atoms with Crippen molar-refractivity contribution in [2.45, 2.75) is 6.54 Å². The van der Waals surface area contributed by atoms with Gasteiger partial charge in [-0.15, -0.1) is 0 Å². The van der Waals surface area contributed by atoms with E-state index in [-0.39, 0.29) is 0 Å². The topological polar surface area (TPSA) is 49.8 Å². The van der Waals surface area contributed by atoms with E-state index in [2.05, 4.69) is 0 Å².